The zero-order valence-electron chi connectivity index (χ0n) is 8.78. The van der Waals surface area contributed by atoms with Crippen LogP contribution in [0.3, 0.4) is 0 Å². The van der Waals surface area contributed by atoms with E-state index in [-0.39, 0.29) is 11.5 Å². The molecular formula is C9H8F4N4O. The van der Waals surface area contributed by atoms with Crippen LogP contribution >= 0.6 is 0 Å². The van der Waals surface area contributed by atoms with Crippen molar-refractivity contribution in [3.63, 3.8) is 0 Å². The molecule has 18 heavy (non-hydrogen) atoms. The van der Waals surface area contributed by atoms with Gasteiger partial charge in [-0.2, -0.15) is 5.10 Å². The second-order valence-corrected chi connectivity index (χ2v) is 3.01. The lowest BCUT2D eigenvalue weighted by atomic mass is 10.2. The van der Waals surface area contributed by atoms with Crippen LogP contribution in [0.15, 0.2) is 28.4 Å². The highest BCUT2D eigenvalue weighted by Crippen LogP contribution is 2.25. The van der Waals surface area contributed by atoms with E-state index in [1.165, 1.54) is 6.07 Å². The topological polar surface area (TPSA) is 86.0 Å². The lowest BCUT2D eigenvalue weighted by Gasteiger charge is -2.09. The lowest BCUT2D eigenvalue weighted by molar-refractivity contribution is -0.275. The summed E-state index contributed by atoms with van der Waals surface area (Å²) < 4.78 is 52.3. The zero-order chi connectivity index (χ0) is 13.8. The third-order valence-electron chi connectivity index (χ3n) is 1.56. The van der Waals surface area contributed by atoms with Gasteiger partial charge in [0.25, 0.3) is 0 Å². The quantitative estimate of drug-likeness (QED) is 0.374. The molecule has 0 aliphatic heterocycles. The number of alkyl halides is 3. The summed E-state index contributed by atoms with van der Waals surface area (Å²) in [5, 5.41) is 6.59. The van der Waals surface area contributed by atoms with Crippen LogP contribution in [0.4, 0.5) is 17.6 Å². The smallest absolute Gasteiger partial charge is 0.403 e. The van der Waals surface area contributed by atoms with Crippen molar-refractivity contribution in [3.8, 4) is 5.75 Å². The maximum Gasteiger partial charge on any atom is 0.573 e. The monoisotopic (exact) mass is 264 g/mol. The van der Waals surface area contributed by atoms with Gasteiger partial charge in [0.05, 0.1) is 6.21 Å². The van der Waals surface area contributed by atoms with Gasteiger partial charge in [0.2, 0.25) is 5.96 Å². The molecule has 9 heteroatoms. The Hall–Kier alpha value is -2.32. The molecule has 0 amide bonds. The van der Waals surface area contributed by atoms with E-state index in [4.69, 9.17) is 11.5 Å². The first-order chi connectivity index (χ1) is 8.28. The van der Waals surface area contributed by atoms with Gasteiger partial charge in [-0.25, -0.2) is 4.39 Å². The van der Waals surface area contributed by atoms with Crippen LogP contribution in [-0.2, 0) is 0 Å². The SMILES string of the molecule is NC(N)=NN=Cc1ccc(F)c(OC(F)(F)F)c1. The molecule has 0 fully saturated rings. The van der Waals surface area contributed by atoms with Gasteiger partial charge >= 0.3 is 6.36 Å². The van der Waals surface area contributed by atoms with Crippen molar-refractivity contribution in [1.29, 1.82) is 0 Å². The number of hydrogen-bond acceptors (Lipinski definition) is 3. The predicted octanol–water partition coefficient (Wildman–Crippen LogP) is 1.33. The Morgan fingerprint density at radius 3 is 2.50 bits per heavy atom. The van der Waals surface area contributed by atoms with Gasteiger partial charge in [0, 0.05) is 0 Å². The van der Waals surface area contributed by atoms with Crippen LogP contribution in [0.5, 0.6) is 5.75 Å². The van der Waals surface area contributed by atoms with Crippen molar-refractivity contribution < 1.29 is 22.3 Å². The number of guanidine groups is 1. The third kappa shape index (κ3) is 4.68. The number of rotatable bonds is 3. The van der Waals surface area contributed by atoms with Gasteiger partial charge in [-0.05, 0) is 17.7 Å². The Labute approximate surface area is 98.7 Å². The molecule has 98 valence electrons. The van der Waals surface area contributed by atoms with Gasteiger partial charge < -0.3 is 16.2 Å². The van der Waals surface area contributed by atoms with E-state index in [9.17, 15) is 17.6 Å². The summed E-state index contributed by atoms with van der Waals surface area (Å²) in [4.78, 5) is 0. The maximum atomic E-state index is 13.0. The molecule has 4 N–H and O–H groups in total. The van der Waals surface area contributed by atoms with Crippen molar-refractivity contribution in [3.05, 3.63) is 29.6 Å². The highest BCUT2D eigenvalue weighted by molar-refractivity contribution is 5.82. The van der Waals surface area contributed by atoms with E-state index in [1.807, 2.05) is 0 Å². The summed E-state index contributed by atoms with van der Waals surface area (Å²) in [6.07, 6.45) is -3.93. The molecule has 0 saturated carbocycles. The average molecular weight is 264 g/mol. The second-order valence-electron chi connectivity index (χ2n) is 3.01. The fourth-order valence-electron chi connectivity index (χ4n) is 0.965. The normalized spacial score (nSPS) is 11.6. The van der Waals surface area contributed by atoms with E-state index >= 15 is 0 Å². The van der Waals surface area contributed by atoms with Crippen molar-refractivity contribution in [1.82, 2.24) is 0 Å². The molecule has 0 heterocycles. The second kappa shape index (κ2) is 5.34. The number of hydrogen-bond donors (Lipinski definition) is 2. The lowest BCUT2D eigenvalue weighted by Crippen LogP contribution is -2.21. The van der Waals surface area contributed by atoms with Crippen LogP contribution in [-0.4, -0.2) is 18.5 Å². The minimum atomic E-state index is -4.98. The number of halogens is 4. The number of nitrogens with two attached hydrogens (primary N) is 2. The summed E-state index contributed by atoms with van der Waals surface area (Å²) in [6.45, 7) is 0. The molecule has 0 radical (unpaired) electrons. The van der Waals surface area contributed by atoms with Crippen LogP contribution in [0.25, 0.3) is 0 Å². The Balaban J connectivity index is 2.94. The summed E-state index contributed by atoms with van der Waals surface area (Å²) >= 11 is 0. The highest BCUT2D eigenvalue weighted by Gasteiger charge is 2.32. The van der Waals surface area contributed by atoms with Crippen LogP contribution in [0, 0.1) is 5.82 Å². The minimum absolute atomic E-state index is 0.139. The Kier molecular flexibility index (Phi) is 4.08. The molecule has 0 aromatic heterocycles. The molecule has 1 rings (SSSR count). The van der Waals surface area contributed by atoms with E-state index < -0.39 is 17.9 Å². The van der Waals surface area contributed by atoms with Crippen LogP contribution in [0.1, 0.15) is 5.56 Å². The van der Waals surface area contributed by atoms with Gasteiger partial charge in [-0.1, -0.05) is 6.07 Å². The molecule has 0 saturated heterocycles. The Bertz CT molecular complexity index is 480. The summed E-state index contributed by atoms with van der Waals surface area (Å²) in [6, 6.07) is 2.80. The standard InChI is InChI=1S/C9H8F4N4O/c10-6-2-1-5(4-16-17-8(14)15)3-7(6)18-9(11,12)13/h1-4H,(H4,14,15,17). The van der Waals surface area contributed by atoms with Gasteiger partial charge in [0.15, 0.2) is 11.6 Å². The number of nitrogens with zero attached hydrogens (tertiary/aromatic N) is 2. The fraction of sp³-hybridized carbons (Fsp3) is 0.111. The van der Waals surface area contributed by atoms with E-state index in [2.05, 4.69) is 14.9 Å². The van der Waals surface area contributed by atoms with Crippen molar-refractivity contribution in [2.24, 2.45) is 21.7 Å². The minimum Gasteiger partial charge on any atom is -0.403 e. The molecule has 0 unspecified atom stereocenters. The van der Waals surface area contributed by atoms with Gasteiger partial charge in [0.1, 0.15) is 0 Å². The molecule has 0 aliphatic rings. The van der Waals surface area contributed by atoms with E-state index in [0.29, 0.717) is 0 Å². The van der Waals surface area contributed by atoms with Crippen LogP contribution in [0.2, 0.25) is 0 Å². The summed E-state index contributed by atoms with van der Waals surface area (Å²) in [5.74, 6) is -2.43. The van der Waals surface area contributed by atoms with Crippen molar-refractivity contribution in [2.75, 3.05) is 0 Å². The predicted molar refractivity (Wildman–Crippen MR) is 56.5 cm³/mol. The van der Waals surface area contributed by atoms with Crippen molar-refractivity contribution >= 4 is 12.2 Å². The van der Waals surface area contributed by atoms with Crippen molar-refractivity contribution in [2.45, 2.75) is 6.36 Å². The third-order valence-corrected chi connectivity index (χ3v) is 1.56. The highest BCUT2D eigenvalue weighted by atomic mass is 19.4. The first-order valence-electron chi connectivity index (χ1n) is 4.45. The Morgan fingerprint density at radius 2 is 1.94 bits per heavy atom. The average Bonchev–Trinajstić information content (AvgIpc) is 2.20. The van der Waals surface area contributed by atoms with Gasteiger partial charge in [-0.3, -0.25) is 0 Å². The summed E-state index contributed by atoms with van der Waals surface area (Å²) in [5.41, 5.74) is 10.1. The number of ether oxygens (including phenoxy) is 1. The molecule has 0 aliphatic carbocycles. The van der Waals surface area contributed by atoms with E-state index in [1.54, 1.807) is 0 Å². The van der Waals surface area contributed by atoms with Gasteiger partial charge in [-0.15, -0.1) is 18.3 Å². The fourth-order valence-corrected chi connectivity index (χ4v) is 0.965. The molecule has 5 nitrogen and oxygen atoms in total. The molecule has 0 atom stereocenters. The number of benzene rings is 1. The zero-order valence-corrected chi connectivity index (χ0v) is 8.78. The first kappa shape index (κ1) is 13.7. The first-order valence-corrected chi connectivity index (χ1v) is 4.45. The molecule has 1 aromatic carbocycles. The maximum absolute atomic E-state index is 13.0. The molecule has 1 aromatic rings. The summed E-state index contributed by atoms with van der Waals surface area (Å²) in [7, 11) is 0. The molecule has 0 bridgehead atoms. The van der Waals surface area contributed by atoms with E-state index in [0.717, 1.165) is 18.3 Å². The molecule has 0 spiro atoms. The Morgan fingerprint density at radius 1 is 1.28 bits per heavy atom. The molecular weight excluding hydrogens is 256 g/mol. The largest absolute Gasteiger partial charge is 0.573 e. The van der Waals surface area contributed by atoms with Crippen LogP contribution < -0.4 is 16.2 Å².